The van der Waals surface area contributed by atoms with E-state index in [1.165, 1.54) is 24.1 Å². The number of anilines is 1. The molecular formula is C13H14F2N2O2. The molecule has 1 aromatic rings. The molecule has 0 aliphatic heterocycles. The second-order valence-corrected chi connectivity index (χ2v) is 4.11. The molecule has 0 saturated heterocycles. The first kappa shape index (κ1) is 14.8. The Bertz CT molecular complexity index is 519. The monoisotopic (exact) mass is 268 g/mol. The van der Waals surface area contributed by atoms with Gasteiger partial charge >= 0.3 is 0 Å². The molecule has 1 rings (SSSR count). The van der Waals surface area contributed by atoms with Crippen LogP contribution < -0.4 is 5.32 Å². The number of para-hydroxylation sites is 1. The number of amides is 1. The molecule has 0 fully saturated rings. The Labute approximate surface area is 109 Å². The van der Waals surface area contributed by atoms with Crippen LogP contribution in [0.5, 0.6) is 0 Å². The topological polar surface area (TPSA) is 49.4 Å². The maximum absolute atomic E-state index is 13.4. The van der Waals surface area contributed by atoms with Crippen LogP contribution in [0.1, 0.15) is 6.92 Å². The third kappa shape index (κ3) is 3.87. The van der Waals surface area contributed by atoms with Gasteiger partial charge < -0.3 is 10.2 Å². The summed E-state index contributed by atoms with van der Waals surface area (Å²) in [6, 6.07) is 3.21. The minimum absolute atomic E-state index is 0.187. The Balaban J connectivity index is 3.04. The van der Waals surface area contributed by atoms with Gasteiger partial charge in [-0.1, -0.05) is 6.07 Å². The number of ketones is 1. The van der Waals surface area contributed by atoms with Crippen LogP contribution in [0.4, 0.5) is 14.5 Å². The first-order chi connectivity index (χ1) is 8.82. The van der Waals surface area contributed by atoms with Gasteiger partial charge in [0, 0.05) is 20.3 Å². The molecule has 6 heteroatoms. The summed E-state index contributed by atoms with van der Waals surface area (Å²) in [4.78, 5) is 24.7. The fourth-order valence-corrected chi connectivity index (χ4v) is 1.37. The van der Waals surface area contributed by atoms with Crippen LogP contribution in [0.15, 0.2) is 30.0 Å². The van der Waals surface area contributed by atoms with Crippen LogP contribution in [-0.2, 0) is 9.59 Å². The molecule has 1 aromatic carbocycles. The van der Waals surface area contributed by atoms with E-state index in [4.69, 9.17) is 0 Å². The van der Waals surface area contributed by atoms with Crippen molar-refractivity contribution in [3.05, 3.63) is 41.6 Å². The lowest BCUT2D eigenvalue weighted by molar-refractivity contribution is -0.119. The zero-order valence-electron chi connectivity index (χ0n) is 10.8. The van der Waals surface area contributed by atoms with Crippen LogP contribution in [0, 0.1) is 11.6 Å². The predicted molar refractivity (Wildman–Crippen MR) is 67.4 cm³/mol. The van der Waals surface area contributed by atoms with Crippen molar-refractivity contribution in [2.24, 2.45) is 0 Å². The third-order valence-electron chi connectivity index (χ3n) is 2.21. The molecule has 1 N–H and O–H groups in total. The summed E-state index contributed by atoms with van der Waals surface area (Å²) in [5.41, 5.74) is -0.758. The van der Waals surface area contributed by atoms with Gasteiger partial charge in [0.25, 0.3) is 5.91 Å². The van der Waals surface area contributed by atoms with E-state index in [1.54, 1.807) is 14.1 Å². The minimum atomic E-state index is -0.902. The van der Waals surface area contributed by atoms with Gasteiger partial charge in [-0.25, -0.2) is 8.78 Å². The lowest BCUT2D eigenvalue weighted by Crippen LogP contribution is -2.22. The Kier molecular flexibility index (Phi) is 4.74. The largest absolute Gasteiger partial charge is 0.383 e. The quantitative estimate of drug-likeness (QED) is 0.516. The summed E-state index contributed by atoms with van der Waals surface area (Å²) in [5.74, 6) is -3.16. The molecule has 0 aromatic heterocycles. The maximum Gasteiger partial charge on any atom is 0.260 e. The van der Waals surface area contributed by atoms with E-state index in [9.17, 15) is 18.4 Å². The lowest BCUT2D eigenvalue weighted by atomic mass is 10.1. The minimum Gasteiger partial charge on any atom is -0.383 e. The van der Waals surface area contributed by atoms with Gasteiger partial charge in [-0.3, -0.25) is 9.59 Å². The van der Waals surface area contributed by atoms with Crippen LogP contribution >= 0.6 is 0 Å². The average molecular weight is 268 g/mol. The zero-order chi connectivity index (χ0) is 14.6. The van der Waals surface area contributed by atoms with Gasteiger partial charge in [-0.2, -0.15) is 0 Å². The number of halogens is 2. The summed E-state index contributed by atoms with van der Waals surface area (Å²) in [7, 11) is 3.25. The molecule has 0 saturated carbocycles. The highest BCUT2D eigenvalue weighted by Gasteiger charge is 2.18. The van der Waals surface area contributed by atoms with E-state index in [1.807, 2.05) is 0 Å². The number of hydrogen-bond donors (Lipinski definition) is 1. The molecule has 0 bridgehead atoms. The van der Waals surface area contributed by atoms with Crippen LogP contribution in [0.2, 0.25) is 0 Å². The predicted octanol–water partition coefficient (Wildman–Crippen LogP) is 1.94. The summed E-state index contributed by atoms with van der Waals surface area (Å²) in [6.45, 7) is 1.20. The fourth-order valence-electron chi connectivity index (χ4n) is 1.37. The van der Waals surface area contributed by atoms with Crippen molar-refractivity contribution in [2.75, 3.05) is 19.4 Å². The summed E-state index contributed by atoms with van der Waals surface area (Å²) < 4.78 is 26.7. The van der Waals surface area contributed by atoms with E-state index >= 15 is 0 Å². The van der Waals surface area contributed by atoms with Gasteiger partial charge in [-0.05, 0) is 19.1 Å². The Morgan fingerprint density at radius 3 is 2.16 bits per heavy atom. The van der Waals surface area contributed by atoms with E-state index in [2.05, 4.69) is 5.32 Å². The van der Waals surface area contributed by atoms with Gasteiger partial charge in [0.15, 0.2) is 5.78 Å². The number of Topliss-reactive ketones (excluding diaryl/α,β-unsaturated/α-hetero) is 1. The number of rotatable bonds is 4. The molecule has 0 atom stereocenters. The van der Waals surface area contributed by atoms with E-state index in [0.29, 0.717) is 0 Å². The Morgan fingerprint density at radius 1 is 1.21 bits per heavy atom. The molecular weight excluding hydrogens is 254 g/mol. The normalized spacial score (nSPS) is 11.1. The van der Waals surface area contributed by atoms with Crippen LogP contribution in [-0.4, -0.2) is 30.7 Å². The maximum atomic E-state index is 13.4. The average Bonchev–Trinajstić information content (AvgIpc) is 2.30. The highest BCUT2D eigenvalue weighted by atomic mass is 19.1. The van der Waals surface area contributed by atoms with E-state index < -0.39 is 29.0 Å². The van der Waals surface area contributed by atoms with Gasteiger partial charge in [-0.15, -0.1) is 0 Å². The van der Waals surface area contributed by atoms with Gasteiger partial charge in [0.2, 0.25) is 0 Å². The molecule has 0 aliphatic carbocycles. The smallest absolute Gasteiger partial charge is 0.260 e. The van der Waals surface area contributed by atoms with Crippen molar-refractivity contribution in [3.8, 4) is 0 Å². The Morgan fingerprint density at radius 2 is 1.74 bits per heavy atom. The molecule has 0 radical (unpaired) electrons. The molecule has 4 nitrogen and oxygen atoms in total. The number of carbonyl (C=O) groups is 2. The molecule has 19 heavy (non-hydrogen) atoms. The molecule has 102 valence electrons. The second kappa shape index (κ2) is 6.08. The summed E-state index contributed by atoms with van der Waals surface area (Å²) in [6.07, 6.45) is 1.29. The van der Waals surface area contributed by atoms with Crippen molar-refractivity contribution < 1.29 is 18.4 Å². The van der Waals surface area contributed by atoms with Crippen molar-refractivity contribution in [2.45, 2.75) is 6.92 Å². The van der Waals surface area contributed by atoms with E-state index in [-0.39, 0.29) is 5.57 Å². The molecule has 0 aliphatic rings. The van der Waals surface area contributed by atoms with Crippen molar-refractivity contribution in [1.82, 2.24) is 4.90 Å². The molecule has 0 heterocycles. The van der Waals surface area contributed by atoms with Crippen LogP contribution in [0.3, 0.4) is 0 Å². The fraction of sp³-hybridized carbons (Fsp3) is 0.231. The number of carbonyl (C=O) groups excluding carboxylic acids is 2. The zero-order valence-corrected chi connectivity index (χ0v) is 10.8. The highest BCUT2D eigenvalue weighted by molar-refractivity contribution is 6.22. The van der Waals surface area contributed by atoms with E-state index in [0.717, 1.165) is 12.1 Å². The number of benzene rings is 1. The molecule has 1 amide bonds. The summed E-state index contributed by atoms with van der Waals surface area (Å²) >= 11 is 0. The van der Waals surface area contributed by atoms with Gasteiger partial charge in [0.05, 0.1) is 5.57 Å². The summed E-state index contributed by atoms with van der Waals surface area (Å²) in [5, 5.41) is 2.06. The lowest BCUT2D eigenvalue weighted by Gasteiger charge is -2.11. The van der Waals surface area contributed by atoms with Gasteiger partial charge in [0.1, 0.15) is 17.3 Å². The number of hydrogen-bond acceptors (Lipinski definition) is 3. The number of nitrogens with one attached hydrogen (secondary N) is 1. The Hall–Kier alpha value is -2.24. The number of nitrogens with zero attached hydrogens (tertiary/aromatic N) is 1. The third-order valence-corrected chi connectivity index (χ3v) is 2.21. The van der Waals surface area contributed by atoms with Crippen LogP contribution in [0.25, 0.3) is 0 Å². The second-order valence-electron chi connectivity index (χ2n) is 4.11. The first-order valence-corrected chi connectivity index (χ1v) is 5.47. The standard InChI is InChI=1S/C13H14F2N2O2/c1-8(18)9(7-17(2)3)13(19)16-12-10(14)5-4-6-11(12)15/h4-7H,1-3H3,(H,16,19)/b9-7+. The molecule has 0 spiro atoms. The van der Waals surface area contributed by atoms with Crippen molar-refractivity contribution in [1.29, 1.82) is 0 Å². The highest BCUT2D eigenvalue weighted by Crippen LogP contribution is 2.18. The molecule has 0 unspecified atom stereocenters. The van der Waals surface area contributed by atoms with Crippen molar-refractivity contribution >= 4 is 17.4 Å². The SMILES string of the molecule is CC(=O)/C(=C\N(C)C)C(=O)Nc1c(F)cccc1F. The first-order valence-electron chi connectivity index (χ1n) is 5.47. The van der Waals surface area contributed by atoms with Crippen molar-refractivity contribution in [3.63, 3.8) is 0 Å².